The fraction of sp³-hybridized carbons (Fsp3) is 0.227. The highest BCUT2D eigenvalue weighted by Gasteiger charge is 2.29. The Morgan fingerprint density at radius 1 is 1.26 bits per heavy atom. The molecule has 1 unspecified atom stereocenters. The summed E-state index contributed by atoms with van der Waals surface area (Å²) in [6.45, 7) is 5.10. The van der Waals surface area contributed by atoms with Crippen molar-refractivity contribution in [3.63, 3.8) is 0 Å². The minimum absolute atomic E-state index is 0.100. The number of hydrogen-bond donors (Lipinski definition) is 3. The van der Waals surface area contributed by atoms with E-state index in [1.165, 1.54) is 17.6 Å². The number of imidazole rings is 1. The first-order valence-electron chi connectivity index (χ1n) is 9.58. The average Bonchev–Trinajstić information content (AvgIpc) is 3.08. The number of hydrogen-bond acceptors (Lipinski definition) is 5. The molecule has 2 aromatic carbocycles. The lowest BCUT2D eigenvalue weighted by molar-refractivity contribution is 0.0897. The summed E-state index contributed by atoms with van der Waals surface area (Å²) in [6.07, 6.45) is 1.59. The predicted molar refractivity (Wildman–Crippen MR) is 116 cm³/mol. The molecule has 0 saturated carbocycles. The largest absolute Gasteiger partial charge is 0.367 e. The van der Waals surface area contributed by atoms with Crippen LogP contribution < -0.4 is 16.6 Å². The number of aliphatic hydroxyl groups is 1. The number of fused-ring (bicyclic) bond motifs is 3. The molecule has 0 radical (unpaired) electrons. The van der Waals surface area contributed by atoms with Crippen LogP contribution in [0.1, 0.15) is 34.1 Å². The molecule has 2 aromatic heterocycles. The van der Waals surface area contributed by atoms with Crippen molar-refractivity contribution in [3.05, 3.63) is 75.2 Å². The van der Waals surface area contributed by atoms with Gasteiger partial charge in [0.25, 0.3) is 11.5 Å². The summed E-state index contributed by atoms with van der Waals surface area (Å²) in [6, 6.07) is 6.99. The topological polar surface area (TPSA) is 115 Å². The van der Waals surface area contributed by atoms with Gasteiger partial charge >= 0.3 is 0 Å². The molecule has 9 heteroatoms. The van der Waals surface area contributed by atoms with Crippen molar-refractivity contribution in [3.8, 4) is 0 Å². The molecule has 0 aliphatic rings. The molecule has 0 spiro atoms. The van der Waals surface area contributed by atoms with Gasteiger partial charge in [-0.25, -0.2) is 9.37 Å². The summed E-state index contributed by atoms with van der Waals surface area (Å²) in [5, 5.41) is 14.7. The second kappa shape index (κ2) is 6.92. The van der Waals surface area contributed by atoms with Crippen molar-refractivity contribution >= 4 is 28.1 Å². The maximum Gasteiger partial charge on any atom is 0.261 e. The van der Waals surface area contributed by atoms with Gasteiger partial charge in [0, 0.05) is 18.3 Å². The van der Waals surface area contributed by atoms with Crippen LogP contribution >= 0.6 is 0 Å². The zero-order chi connectivity index (χ0) is 22.7. The third-order valence-corrected chi connectivity index (χ3v) is 5.42. The molecule has 0 aliphatic heterocycles. The van der Waals surface area contributed by atoms with Crippen LogP contribution in [-0.4, -0.2) is 25.0 Å². The minimum atomic E-state index is -1.75. The highest BCUT2D eigenvalue weighted by molar-refractivity contribution is 5.98. The second-order valence-corrected chi connectivity index (χ2v) is 7.85. The van der Waals surface area contributed by atoms with Gasteiger partial charge in [-0.15, -0.1) is 0 Å². The van der Waals surface area contributed by atoms with E-state index < -0.39 is 17.4 Å². The standard InChI is InChI=1S/C22H22FN5O3/c1-11-7-15-18(28-10-25-12(2)20(28)27(4)21(15)30)16(8-11)22(3,31)26-17-6-5-13(23)9-14(17)19(24)29/h5-10,26,31H,1-4H3,(H2,24,29). The highest BCUT2D eigenvalue weighted by Crippen LogP contribution is 2.32. The number of carbonyl (C=O) groups is 1. The van der Waals surface area contributed by atoms with E-state index >= 15 is 0 Å². The Balaban J connectivity index is 2.02. The first-order chi connectivity index (χ1) is 14.5. The van der Waals surface area contributed by atoms with Gasteiger partial charge in [0.2, 0.25) is 0 Å². The summed E-state index contributed by atoms with van der Waals surface area (Å²) >= 11 is 0. The van der Waals surface area contributed by atoms with E-state index in [1.54, 1.807) is 36.8 Å². The van der Waals surface area contributed by atoms with E-state index in [4.69, 9.17) is 5.73 Å². The smallest absolute Gasteiger partial charge is 0.261 e. The minimum Gasteiger partial charge on any atom is -0.367 e. The Hall–Kier alpha value is -3.72. The summed E-state index contributed by atoms with van der Waals surface area (Å²) in [4.78, 5) is 29.2. The van der Waals surface area contributed by atoms with Crippen LogP contribution in [0.2, 0.25) is 0 Å². The zero-order valence-electron chi connectivity index (χ0n) is 17.5. The quantitative estimate of drug-likeness (QED) is 0.436. The zero-order valence-corrected chi connectivity index (χ0v) is 17.5. The van der Waals surface area contributed by atoms with Gasteiger partial charge in [0.05, 0.1) is 22.2 Å². The Labute approximate surface area is 176 Å². The summed E-state index contributed by atoms with van der Waals surface area (Å²) in [5.41, 5.74) is 6.35. The monoisotopic (exact) mass is 423 g/mol. The SMILES string of the molecule is Cc1cc(C(C)(O)Nc2ccc(F)cc2C(N)=O)c2c(c1)c(=O)n(C)c1c(C)ncn21. The van der Waals surface area contributed by atoms with Crippen molar-refractivity contribution in [2.75, 3.05) is 5.32 Å². The van der Waals surface area contributed by atoms with Crippen LogP contribution in [-0.2, 0) is 12.8 Å². The molecule has 1 amide bonds. The van der Waals surface area contributed by atoms with E-state index in [0.717, 1.165) is 17.7 Å². The van der Waals surface area contributed by atoms with Crippen LogP contribution in [0.4, 0.5) is 10.1 Å². The first kappa shape index (κ1) is 20.5. The molecule has 0 saturated heterocycles. The van der Waals surface area contributed by atoms with Crippen LogP contribution in [0, 0.1) is 19.7 Å². The molecule has 1 atom stereocenters. The van der Waals surface area contributed by atoms with Crippen molar-refractivity contribution < 1.29 is 14.3 Å². The highest BCUT2D eigenvalue weighted by atomic mass is 19.1. The fourth-order valence-corrected chi connectivity index (χ4v) is 4.01. The third kappa shape index (κ3) is 3.23. The second-order valence-electron chi connectivity index (χ2n) is 7.85. The lowest BCUT2D eigenvalue weighted by Gasteiger charge is -2.29. The summed E-state index contributed by atoms with van der Waals surface area (Å²) in [5.74, 6) is -1.47. The Kier molecular flexibility index (Phi) is 4.58. The molecule has 2 heterocycles. The molecule has 0 bridgehead atoms. The van der Waals surface area contributed by atoms with Crippen LogP contribution in [0.15, 0.2) is 41.5 Å². The molecule has 160 valence electrons. The lowest BCUT2D eigenvalue weighted by atomic mass is 9.97. The first-order valence-corrected chi connectivity index (χ1v) is 9.58. The number of aromatic nitrogens is 3. The number of carbonyl (C=O) groups excluding carboxylic acids is 1. The number of nitrogens with one attached hydrogen (secondary N) is 1. The molecule has 0 fully saturated rings. The van der Waals surface area contributed by atoms with E-state index in [-0.39, 0.29) is 16.8 Å². The van der Waals surface area contributed by atoms with Crippen LogP contribution in [0.3, 0.4) is 0 Å². The maximum absolute atomic E-state index is 13.6. The van der Waals surface area contributed by atoms with Gasteiger partial charge < -0.3 is 16.2 Å². The molecular formula is C22H22FN5O3. The third-order valence-electron chi connectivity index (χ3n) is 5.42. The molecule has 0 aliphatic carbocycles. The Morgan fingerprint density at radius 2 is 1.97 bits per heavy atom. The number of halogens is 1. The van der Waals surface area contributed by atoms with Crippen LogP contribution in [0.25, 0.3) is 16.6 Å². The number of rotatable bonds is 4. The number of aryl methyl sites for hydroxylation is 3. The fourth-order valence-electron chi connectivity index (χ4n) is 4.01. The van der Waals surface area contributed by atoms with Gasteiger partial charge in [0.1, 0.15) is 17.8 Å². The maximum atomic E-state index is 13.6. The number of primary amides is 1. The van der Waals surface area contributed by atoms with Gasteiger partial charge in [-0.1, -0.05) is 0 Å². The van der Waals surface area contributed by atoms with Gasteiger partial charge in [-0.3, -0.25) is 18.6 Å². The van der Waals surface area contributed by atoms with E-state index in [2.05, 4.69) is 10.3 Å². The molecule has 8 nitrogen and oxygen atoms in total. The average molecular weight is 423 g/mol. The molecule has 31 heavy (non-hydrogen) atoms. The van der Waals surface area contributed by atoms with Crippen molar-refractivity contribution in [2.24, 2.45) is 12.8 Å². The molecular weight excluding hydrogens is 401 g/mol. The van der Waals surface area contributed by atoms with Gasteiger partial charge in [-0.05, 0) is 56.7 Å². The lowest BCUT2D eigenvalue weighted by Crippen LogP contribution is -2.34. The number of benzene rings is 2. The van der Waals surface area contributed by atoms with E-state index in [0.29, 0.717) is 27.8 Å². The van der Waals surface area contributed by atoms with E-state index in [1.807, 2.05) is 6.92 Å². The Morgan fingerprint density at radius 3 is 2.65 bits per heavy atom. The predicted octanol–water partition coefficient (Wildman–Crippen LogP) is 2.32. The number of nitrogens with two attached hydrogens (primary N) is 1. The number of amides is 1. The molecule has 4 aromatic rings. The Bertz CT molecular complexity index is 1440. The molecule has 4 rings (SSSR count). The van der Waals surface area contributed by atoms with E-state index in [9.17, 15) is 19.1 Å². The normalized spacial score (nSPS) is 13.5. The van der Waals surface area contributed by atoms with Crippen LogP contribution in [0.5, 0.6) is 0 Å². The van der Waals surface area contributed by atoms with Crippen molar-refractivity contribution in [1.82, 2.24) is 14.0 Å². The number of nitrogens with zero attached hydrogens (tertiary/aromatic N) is 3. The van der Waals surface area contributed by atoms with Gasteiger partial charge in [-0.2, -0.15) is 0 Å². The van der Waals surface area contributed by atoms with Crippen molar-refractivity contribution in [1.29, 1.82) is 0 Å². The van der Waals surface area contributed by atoms with Gasteiger partial charge in [0.15, 0.2) is 5.72 Å². The number of anilines is 1. The molecule has 4 N–H and O–H groups in total. The summed E-state index contributed by atoms with van der Waals surface area (Å²) in [7, 11) is 1.67. The van der Waals surface area contributed by atoms with Crippen molar-refractivity contribution in [2.45, 2.75) is 26.5 Å². The summed E-state index contributed by atoms with van der Waals surface area (Å²) < 4.78 is 16.9.